The van der Waals surface area contributed by atoms with E-state index in [1.165, 1.54) is 17.0 Å². The van der Waals surface area contributed by atoms with Crippen LogP contribution in [0.25, 0.3) is 0 Å². The van der Waals surface area contributed by atoms with Crippen LogP contribution in [0.3, 0.4) is 0 Å². The van der Waals surface area contributed by atoms with Crippen molar-refractivity contribution in [2.45, 2.75) is 25.2 Å². The number of hydrogen-bond donors (Lipinski definition) is 1. The van der Waals surface area contributed by atoms with Crippen molar-refractivity contribution in [2.24, 2.45) is 0 Å². The van der Waals surface area contributed by atoms with E-state index >= 15 is 0 Å². The molecule has 1 N–H and O–H groups in total. The maximum absolute atomic E-state index is 13.3. The van der Waals surface area contributed by atoms with Gasteiger partial charge in [0, 0.05) is 18.7 Å². The Morgan fingerprint density at radius 2 is 2.00 bits per heavy atom. The van der Waals surface area contributed by atoms with E-state index in [1.807, 2.05) is 6.92 Å². The maximum atomic E-state index is 13.3. The Bertz CT molecular complexity index is 790. The first kappa shape index (κ1) is 16.2. The minimum atomic E-state index is -0.934. The number of fused-ring (bicyclic) bond motifs is 1. The number of nitrogens with zero attached hydrogens (tertiary/aromatic N) is 1. The first-order chi connectivity index (χ1) is 11.5. The highest BCUT2D eigenvalue weighted by Gasteiger charge is 2.36. The summed E-state index contributed by atoms with van der Waals surface area (Å²) in [5.74, 6) is -2.26. The van der Waals surface area contributed by atoms with Crippen molar-refractivity contribution in [1.29, 1.82) is 0 Å². The SMILES string of the molecule is CC(CC(=O)N1CC(C(=O)O)c2ccccc21)c1cccc(F)c1. The summed E-state index contributed by atoms with van der Waals surface area (Å²) in [5, 5.41) is 9.37. The fourth-order valence-corrected chi connectivity index (χ4v) is 3.16. The third kappa shape index (κ3) is 3.02. The fraction of sp³-hybridized carbons (Fsp3) is 0.263. The molecule has 4 nitrogen and oxygen atoms in total. The van der Waals surface area contributed by atoms with Crippen LogP contribution in [0.2, 0.25) is 0 Å². The van der Waals surface area contributed by atoms with Crippen LogP contribution in [0.1, 0.15) is 36.3 Å². The van der Waals surface area contributed by atoms with Crippen LogP contribution in [0.5, 0.6) is 0 Å². The molecule has 0 saturated heterocycles. The quantitative estimate of drug-likeness (QED) is 0.934. The molecule has 0 radical (unpaired) electrons. The molecule has 124 valence electrons. The van der Waals surface area contributed by atoms with Crippen LogP contribution in [0.4, 0.5) is 10.1 Å². The molecule has 24 heavy (non-hydrogen) atoms. The zero-order chi connectivity index (χ0) is 17.3. The largest absolute Gasteiger partial charge is 0.481 e. The second-order valence-corrected chi connectivity index (χ2v) is 6.11. The van der Waals surface area contributed by atoms with Crippen molar-refractivity contribution in [3.8, 4) is 0 Å². The van der Waals surface area contributed by atoms with Crippen LogP contribution in [0.15, 0.2) is 48.5 Å². The van der Waals surface area contributed by atoms with Crippen molar-refractivity contribution in [3.05, 3.63) is 65.5 Å². The standard InChI is InChI=1S/C19H18FNO3/c1-12(13-5-4-6-14(20)10-13)9-18(22)21-11-16(19(23)24)15-7-2-3-8-17(15)21/h2-8,10,12,16H,9,11H2,1H3,(H,23,24). The average Bonchev–Trinajstić information content (AvgIpc) is 2.95. The summed E-state index contributed by atoms with van der Waals surface area (Å²) in [6, 6.07) is 13.3. The maximum Gasteiger partial charge on any atom is 0.312 e. The van der Waals surface area contributed by atoms with Gasteiger partial charge in [-0.2, -0.15) is 0 Å². The topological polar surface area (TPSA) is 57.6 Å². The molecule has 5 heteroatoms. The summed E-state index contributed by atoms with van der Waals surface area (Å²) in [4.78, 5) is 25.6. The number of benzene rings is 2. The Labute approximate surface area is 139 Å². The summed E-state index contributed by atoms with van der Waals surface area (Å²) < 4.78 is 13.3. The molecular weight excluding hydrogens is 309 g/mol. The van der Waals surface area contributed by atoms with E-state index < -0.39 is 11.9 Å². The van der Waals surface area contributed by atoms with Gasteiger partial charge in [-0.15, -0.1) is 0 Å². The zero-order valence-corrected chi connectivity index (χ0v) is 13.3. The molecule has 1 heterocycles. The van der Waals surface area contributed by atoms with E-state index in [0.717, 1.165) is 5.56 Å². The minimum absolute atomic E-state index is 0.142. The molecule has 1 amide bonds. The lowest BCUT2D eigenvalue weighted by atomic mass is 9.97. The molecule has 0 aliphatic carbocycles. The molecule has 3 rings (SSSR count). The number of para-hydroxylation sites is 1. The number of amides is 1. The Kier molecular flexibility index (Phi) is 4.34. The van der Waals surface area contributed by atoms with Gasteiger partial charge in [-0.3, -0.25) is 9.59 Å². The van der Waals surface area contributed by atoms with Gasteiger partial charge in [0.15, 0.2) is 0 Å². The van der Waals surface area contributed by atoms with E-state index in [-0.39, 0.29) is 30.6 Å². The molecule has 0 saturated carbocycles. The highest BCUT2D eigenvalue weighted by molar-refractivity contribution is 5.99. The van der Waals surface area contributed by atoms with Gasteiger partial charge in [0.05, 0.1) is 0 Å². The molecule has 0 spiro atoms. The molecule has 2 unspecified atom stereocenters. The second-order valence-electron chi connectivity index (χ2n) is 6.11. The number of carbonyl (C=O) groups excluding carboxylic acids is 1. The zero-order valence-electron chi connectivity index (χ0n) is 13.3. The number of aliphatic carboxylic acids is 1. The lowest BCUT2D eigenvalue weighted by Gasteiger charge is -2.20. The first-order valence-electron chi connectivity index (χ1n) is 7.85. The summed E-state index contributed by atoms with van der Waals surface area (Å²) in [7, 11) is 0. The van der Waals surface area contributed by atoms with Gasteiger partial charge in [0.25, 0.3) is 0 Å². The van der Waals surface area contributed by atoms with Crippen LogP contribution in [0, 0.1) is 5.82 Å². The number of halogens is 1. The highest BCUT2D eigenvalue weighted by Crippen LogP contribution is 2.37. The summed E-state index contributed by atoms with van der Waals surface area (Å²) >= 11 is 0. The molecule has 0 bridgehead atoms. The number of hydrogen-bond acceptors (Lipinski definition) is 2. The van der Waals surface area contributed by atoms with Crippen molar-refractivity contribution >= 4 is 17.6 Å². The van der Waals surface area contributed by atoms with Gasteiger partial charge in [-0.05, 0) is 35.2 Å². The molecular formula is C19H18FNO3. The third-order valence-corrected chi connectivity index (χ3v) is 4.47. The average molecular weight is 327 g/mol. The Hall–Kier alpha value is -2.69. The normalized spacial score (nSPS) is 17.4. The molecule has 2 aromatic carbocycles. The predicted octanol–water partition coefficient (Wildman–Crippen LogP) is 3.53. The van der Waals surface area contributed by atoms with Crippen LogP contribution in [-0.2, 0) is 9.59 Å². The number of carbonyl (C=O) groups is 2. The van der Waals surface area contributed by atoms with Gasteiger partial charge in [-0.1, -0.05) is 37.3 Å². The molecule has 0 aromatic heterocycles. The highest BCUT2D eigenvalue weighted by atomic mass is 19.1. The van der Waals surface area contributed by atoms with E-state index in [9.17, 15) is 19.1 Å². The van der Waals surface area contributed by atoms with Gasteiger partial charge < -0.3 is 10.0 Å². The summed E-state index contributed by atoms with van der Waals surface area (Å²) in [6.07, 6.45) is 0.199. The van der Waals surface area contributed by atoms with E-state index in [2.05, 4.69) is 0 Å². The first-order valence-corrected chi connectivity index (χ1v) is 7.85. The molecule has 1 aliphatic rings. The summed E-state index contributed by atoms with van der Waals surface area (Å²) in [5.41, 5.74) is 2.07. The van der Waals surface area contributed by atoms with Gasteiger partial charge in [0.2, 0.25) is 5.91 Å². The van der Waals surface area contributed by atoms with Crippen molar-refractivity contribution in [1.82, 2.24) is 0 Å². The van der Waals surface area contributed by atoms with Crippen LogP contribution in [-0.4, -0.2) is 23.5 Å². The Morgan fingerprint density at radius 3 is 2.71 bits per heavy atom. The number of anilines is 1. The van der Waals surface area contributed by atoms with Gasteiger partial charge in [0.1, 0.15) is 11.7 Å². The van der Waals surface area contributed by atoms with Crippen molar-refractivity contribution in [2.75, 3.05) is 11.4 Å². The lowest BCUT2D eigenvalue weighted by molar-refractivity contribution is -0.138. The van der Waals surface area contributed by atoms with Gasteiger partial charge in [-0.25, -0.2) is 4.39 Å². The van der Waals surface area contributed by atoms with Crippen molar-refractivity contribution in [3.63, 3.8) is 0 Å². The van der Waals surface area contributed by atoms with Crippen LogP contribution < -0.4 is 4.90 Å². The molecule has 1 aliphatic heterocycles. The molecule has 2 atom stereocenters. The predicted molar refractivity (Wildman–Crippen MR) is 88.6 cm³/mol. The Morgan fingerprint density at radius 1 is 1.25 bits per heavy atom. The number of rotatable bonds is 4. The Balaban J connectivity index is 1.80. The smallest absolute Gasteiger partial charge is 0.312 e. The van der Waals surface area contributed by atoms with E-state index in [0.29, 0.717) is 11.3 Å². The van der Waals surface area contributed by atoms with Gasteiger partial charge >= 0.3 is 5.97 Å². The van der Waals surface area contributed by atoms with Crippen molar-refractivity contribution < 1.29 is 19.1 Å². The second kappa shape index (κ2) is 6.43. The van der Waals surface area contributed by atoms with Crippen LogP contribution >= 0.6 is 0 Å². The number of carboxylic acid groups (broad SMARTS) is 1. The van der Waals surface area contributed by atoms with E-state index in [1.54, 1.807) is 36.4 Å². The van der Waals surface area contributed by atoms with E-state index in [4.69, 9.17) is 0 Å². The summed E-state index contributed by atoms with van der Waals surface area (Å²) in [6.45, 7) is 2.01. The monoisotopic (exact) mass is 327 g/mol. The fourth-order valence-electron chi connectivity index (χ4n) is 3.16. The number of carboxylic acids is 1. The molecule has 2 aromatic rings. The lowest BCUT2D eigenvalue weighted by Crippen LogP contribution is -2.32. The molecule has 0 fully saturated rings. The third-order valence-electron chi connectivity index (χ3n) is 4.47. The minimum Gasteiger partial charge on any atom is -0.481 e.